The Bertz CT molecular complexity index is 347. The van der Waals surface area contributed by atoms with Crippen molar-refractivity contribution in [2.75, 3.05) is 6.61 Å². The van der Waals surface area contributed by atoms with Gasteiger partial charge in [-0.2, -0.15) is 20.8 Å². The van der Waals surface area contributed by atoms with Gasteiger partial charge in [0, 0.05) is 0 Å². The van der Waals surface area contributed by atoms with Gasteiger partial charge < -0.3 is 15.8 Å². The summed E-state index contributed by atoms with van der Waals surface area (Å²) < 4.78 is 4.45. The SMILES string of the molecule is C[C-](C)C.O=C(O)COC(=O)c1ccccc1.[Li+]. The molecule has 0 aliphatic rings. The summed E-state index contributed by atoms with van der Waals surface area (Å²) in [5.41, 5.74) is 0.351. The summed E-state index contributed by atoms with van der Waals surface area (Å²) in [7, 11) is 0. The van der Waals surface area contributed by atoms with Crippen molar-refractivity contribution in [1.29, 1.82) is 0 Å². The molecule has 4 nitrogen and oxygen atoms in total. The van der Waals surface area contributed by atoms with Gasteiger partial charge in [0.25, 0.3) is 0 Å². The Kier molecular flexibility index (Phi) is 11.6. The molecule has 0 fully saturated rings. The minimum atomic E-state index is -1.16. The summed E-state index contributed by atoms with van der Waals surface area (Å²) in [4.78, 5) is 21.1. The molecule has 0 bridgehead atoms. The zero-order valence-electron chi connectivity index (χ0n) is 11.3. The molecule has 0 radical (unpaired) electrons. The van der Waals surface area contributed by atoms with Crippen LogP contribution < -0.4 is 18.9 Å². The number of carbonyl (C=O) groups is 2. The van der Waals surface area contributed by atoms with E-state index in [9.17, 15) is 9.59 Å². The molecule has 1 N–H and O–H groups in total. The van der Waals surface area contributed by atoms with Gasteiger partial charge >= 0.3 is 30.8 Å². The van der Waals surface area contributed by atoms with E-state index < -0.39 is 18.5 Å². The molecular formula is C13H17LiO4. The fraction of sp³-hybridized carbons (Fsp3) is 0.308. The third-order valence-electron chi connectivity index (χ3n) is 1.34. The van der Waals surface area contributed by atoms with E-state index in [-0.39, 0.29) is 18.9 Å². The van der Waals surface area contributed by atoms with Gasteiger partial charge in [0.1, 0.15) is 0 Å². The Morgan fingerprint density at radius 1 is 1.17 bits per heavy atom. The van der Waals surface area contributed by atoms with E-state index in [2.05, 4.69) is 25.5 Å². The zero-order chi connectivity index (χ0) is 13.3. The third kappa shape index (κ3) is 11.2. The summed E-state index contributed by atoms with van der Waals surface area (Å²) in [6, 6.07) is 8.23. The molecule has 0 unspecified atom stereocenters. The number of ether oxygens (including phenoxy) is 1. The van der Waals surface area contributed by atoms with Crippen LogP contribution in [0.5, 0.6) is 0 Å². The maximum Gasteiger partial charge on any atom is 1.00 e. The van der Waals surface area contributed by atoms with Gasteiger partial charge in [-0.15, -0.1) is 0 Å². The summed E-state index contributed by atoms with van der Waals surface area (Å²) in [6.07, 6.45) is 0. The minimum absolute atomic E-state index is 0. The number of carbonyl (C=O) groups excluding carboxylic acids is 1. The number of carboxylic acids is 1. The molecular weight excluding hydrogens is 227 g/mol. The second-order valence-electron chi connectivity index (χ2n) is 3.84. The van der Waals surface area contributed by atoms with E-state index >= 15 is 0 Å². The van der Waals surface area contributed by atoms with E-state index in [1.54, 1.807) is 30.3 Å². The first-order chi connectivity index (χ1) is 7.93. The van der Waals surface area contributed by atoms with Gasteiger partial charge in [-0.25, -0.2) is 9.59 Å². The minimum Gasteiger partial charge on any atom is -0.479 e. The quantitative estimate of drug-likeness (QED) is 0.444. The maximum absolute atomic E-state index is 11.1. The zero-order valence-corrected chi connectivity index (χ0v) is 11.3. The number of hydrogen-bond donors (Lipinski definition) is 1. The first-order valence-corrected chi connectivity index (χ1v) is 5.14. The molecule has 0 aromatic heterocycles. The molecule has 1 aromatic carbocycles. The van der Waals surface area contributed by atoms with Crippen LogP contribution in [0, 0.1) is 5.92 Å². The third-order valence-corrected chi connectivity index (χ3v) is 1.34. The Labute approximate surface area is 120 Å². The topological polar surface area (TPSA) is 63.6 Å². The Hall–Kier alpha value is -1.24. The number of carboxylic acid groups (broad SMARTS) is 1. The molecule has 0 saturated carbocycles. The van der Waals surface area contributed by atoms with Crippen molar-refractivity contribution in [3.63, 3.8) is 0 Å². The summed E-state index contributed by atoms with van der Waals surface area (Å²) >= 11 is 0. The van der Waals surface area contributed by atoms with Crippen LogP contribution in [0.1, 0.15) is 31.1 Å². The molecule has 94 valence electrons. The van der Waals surface area contributed by atoms with Crippen LogP contribution in [0.25, 0.3) is 0 Å². The van der Waals surface area contributed by atoms with Crippen LogP contribution in [0.3, 0.4) is 0 Å². The number of aliphatic carboxylic acids is 1. The first kappa shape index (κ1) is 19.1. The Morgan fingerprint density at radius 2 is 1.61 bits per heavy atom. The summed E-state index contributed by atoms with van der Waals surface area (Å²) in [5, 5.41) is 8.23. The monoisotopic (exact) mass is 244 g/mol. The predicted molar refractivity (Wildman–Crippen MR) is 64.6 cm³/mol. The van der Waals surface area contributed by atoms with Gasteiger partial charge in [-0.1, -0.05) is 18.2 Å². The van der Waals surface area contributed by atoms with Gasteiger partial charge in [-0.05, 0) is 12.1 Å². The van der Waals surface area contributed by atoms with Crippen LogP contribution >= 0.6 is 0 Å². The van der Waals surface area contributed by atoms with Gasteiger partial charge in [0.05, 0.1) is 5.56 Å². The molecule has 0 spiro atoms. The molecule has 0 amide bonds. The second kappa shape index (κ2) is 10.9. The van der Waals surface area contributed by atoms with E-state index in [1.165, 1.54) is 5.92 Å². The normalized spacial score (nSPS) is 8.67. The van der Waals surface area contributed by atoms with E-state index in [0.717, 1.165) is 0 Å². The van der Waals surface area contributed by atoms with Crippen LogP contribution in [0.15, 0.2) is 30.3 Å². The Balaban J connectivity index is 0. The molecule has 0 saturated heterocycles. The predicted octanol–water partition coefficient (Wildman–Crippen LogP) is -0.447. The largest absolute Gasteiger partial charge is 1.00 e. The van der Waals surface area contributed by atoms with Crippen molar-refractivity contribution < 1.29 is 38.3 Å². The molecule has 0 heterocycles. The van der Waals surface area contributed by atoms with Crippen LogP contribution in [-0.4, -0.2) is 23.7 Å². The average Bonchev–Trinajstić information content (AvgIpc) is 2.26. The molecule has 5 heteroatoms. The molecule has 0 aliphatic heterocycles. The van der Waals surface area contributed by atoms with Gasteiger partial charge in [-0.3, -0.25) is 0 Å². The van der Waals surface area contributed by atoms with E-state index in [4.69, 9.17) is 5.11 Å². The van der Waals surface area contributed by atoms with Crippen molar-refractivity contribution in [2.45, 2.75) is 20.8 Å². The van der Waals surface area contributed by atoms with Crippen molar-refractivity contribution in [2.24, 2.45) is 0 Å². The summed E-state index contributed by atoms with van der Waals surface area (Å²) in [6.45, 7) is 5.65. The Morgan fingerprint density at radius 3 is 2.00 bits per heavy atom. The number of rotatable bonds is 3. The molecule has 0 aliphatic carbocycles. The van der Waals surface area contributed by atoms with Gasteiger partial charge in [0.15, 0.2) is 6.61 Å². The van der Waals surface area contributed by atoms with Crippen LogP contribution in [-0.2, 0) is 9.53 Å². The maximum atomic E-state index is 11.1. The molecule has 0 atom stereocenters. The number of esters is 1. The summed E-state index contributed by atoms with van der Waals surface area (Å²) in [5.74, 6) is -0.368. The smallest absolute Gasteiger partial charge is 0.479 e. The number of hydrogen-bond acceptors (Lipinski definition) is 3. The van der Waals surface area contributed by atoms with Crippen molar-refractivity contribution in [1.82, 2.24) is 0 Å². The van der Waals surface area contributed by atoms with E-state index in [0.29, 0.717) is 5.56 Å². The van der Waals surface area contributed by atoms with Crippen LogP contribution in [0.2, 0.25) is 0 Å². The molecule has 1 rings (SSSR count). The van der Waals surface area contributed by atoms with E-state index in [1.807, 2.05) is 0 Å². The number of benzene rings is 1. The van der Waals surface area contributed by atoms with Crippen LogP contribution in [0.4, 0.5) is 0 Å². The fourth-order valence-corrected chi connectivity index (χ4v) is 0.785. The average molecular weight is 244 g/mol. The molecule has 18 heavy (non-hydrogen) atoms. The van der Waals surface area contributed by atoms with Crippen molar-refractivity contribution in [3.05, 3.63) is 41.8 Å². The van der Waals surface area contributed by atoms with Crippen molar-refractivity contribution >= 4 is 11.9 Å². The van der Waals surface area contributed by atoms with Gasteiger partial charge in [0.2, 0.25) is 0 Å². The van der Waals surface area contributed by atoms with Crippen molar-refractivity contribution in [3.8, 4) is 0 Å². The molecule has 1 aromatic rings. The first-order valence-electron chi connectivity index (χ1n) is 5.14. The standard InChI is InChI=1S/C9H8O4.C4H9.Li/c10-8(11)6-13-9(12)7-4-2-1-3-5-7;1-4(2)3;/h1-5H,6H2,(H,10,11);1-3H3;/q;-1;+1. The fourth-order valence-electron chi connectivity index (χ4n) is 0.785. The second-order valence-corrected chi connectivity index (χ2v) is 3.84.